The summed E-state index contributed by atoms with van der Waals surface area (Å²) in [6.45, 7) is 5.84. The zero-order chi connectivity index (χ0) is 24.3. The van der Waals surface area contributed by atoms with Gasteiger partial charge in [0.2, 0.25) is 0 Å². The fourth-order valence-electron chi connectivity index (χ4n) is 4.99. The van der Waals surface area contributed by atoms with Gasteiger partial charge in [0.05, 0.1) is 41.4 Å². The van der Waals surface area contributed by atoms with Crippen LogP contribution in [0, 0.1) is 25.5 Å². The number of rotatable bonds is 4. The van der Waals surface area contributed by atoms with Crippen LogP contribution >= 0.6 is 0 Å². The number of hydrogen-bond donors (Lipinski definition) is 0. The Morgan fingerprint density at radius 2 is 1.80 bits per heavy atom. The van der Waals surface area contributed by atoms with Crippen molar-refractivity contribution in [3.05, 3.63) is 70.9 Å². The van der Waals surface area contributed by atoms with Crippen LogP contribution in [0.25, 0.3) is 22.3 Å². The van der Waals surface area contributed by atoms with Crippen LogP contribution in [0.15, 0.2) is 36.7 Å². The summed E-state index contributed by atoms with van der Waals surface area (Å²) in [5.74, 6) is -1.21. The fourth-order valence-corrected chi connectivity index (χ4v) is 4.99. The molecule has 0 amide bonds. The highest BCUT2D eigenvalue weighted by Crippen LogP contribution is 2.42. The van der Waals surface area contributed by atoms with Crippen molar-refractivity contribution in [1.82, 2.24) is 24.7 Å². The summed E-state index contributed by atoms with van der Waals surface area (Å²) in [5, 5.41) is 4.54. The maximum atomic E-state index is 14.9. The monoisotopic (exact) mass is 475 g/mol. The molecule has 2 fully saturated rings. The second-order valence-corrected chi connectivity index (χ2v) is 9.87. The molecule has 0 N–H and O–H groups in total. The highest BCUT2D eigenvalue weighted by Gasteiger charge is 2.33. The summed E-state index contributed by atoms with van der Waals surface area (Å²) < 4.78 is 36.9. The van der Waals surface area contributed by atoms with E-state index in [0.29, 0.717) is 22.8 Å². The molecule has 0 bridgehead atoms. The quantitative estimate of drug-likeness (QED) is 0.355. The molecule has 1 aromatic carbocycles. The maximum absolute atomic E-state index is 14.9. The molecule has 4 aromatic rings. The van der Waals surface area contributed by atoms with Crippen LogP contribution < -0.4 is 0 Å². The van der Waals surface area contributed by atoms with Gasteiger partial charge in [0, 0.05) is 35.0 Å². The average molecular weight is 476 g/mol. The van der Waals surface area contributed by atoms with Gasteiger partial charge in [-0.25, -0.2) is 23.7 Å². The van der Waals surface area contributed by atoms with E-state index in [4.69, 9.17) is 14.7 Å². The molecule has 0 spiro atoms. The Morgan fingerprint density at radius 1 is 1.00 bits per heavy atom. The van der Waals surface area contributed by atoms with Gasteiger partial charge in [-0.1, -0.05) is 0 Å². The molecule has 35 heavy (non-hydrogen) atoms. The normalized spacial score (nSPS) is 22.6. The number of fused-ring (bicyclic) bond motifs is 1. The molecule has 2 aliphatic rings. The third-order valence-corrected chi connectivity index (χ3v) is 7.11. The van der Waals surface area contributed by atoms with Gasteiger partial charge in [0.1, 0.15) is 22.8 Å². The Hall–Kier alpha value is -3.26. The van der Waals surface area contributed by atoms with Gasteiger partial charge in [-0.2, -0.15) is 5.10 Å². The first-order valence-electron chi connectivity index (χ1n) is 12.2. The van der Waals surface area contributed by atoms with Crippen LogP contribution in [0.3, 0.4) is 0 Å². The number of benzene rings is 1. The Morgan fingerprint density at radius 3 is 2.57 bits per heavy atom. The predicted octanol–water partition coefficient (Wildman–Crippen LogP) is 6.14. The number of aromatic nitrogens is 5. The highest BCUT2D eigenvalue weighted by molar-refractivity contribution is 5.89. The van der Waals surface area contributed by atoms with Crippen LogP contribution in [-0.2, 0) is 4.74 Å². The molecule has 4 heterocycles. The van der Waals surface area contributed by atoms with Crippen LogP contribution in [0.5, 0.6) is 0 Å². The summed E-state index contributed by atoms with van der Waals surface area (Å²) in [7, 11) is 0. The molecule has 1 saturated heterocycles. The van der Waals surface area contributed by atoms with E-state index in [9.17, 15) is 8.78 Å². The van der Waals surface area contributed by atoms with Crippen LogP contribution in [0.2, 0.25) is 0 Å². The number of nitrogens with zero attached hydrogens (tertiary/aromatic N) is 5. The SMILES string of the molecule is Cc1nc2cc([C@@H]3C[C@@H](c4cnn(C5CC5)c4)O[C@@H](C)C3)nc(-c3ccc(F)cc3F)c2nc1C. The molecule has 180 valence electrons. The lowest BCUT2D eigenvalue weighted by atomic mass is 9.87. The van der Waals surface area contributed by atoms with Crippen molar-refractivity contribution in [1.29, 1.82) is 0 Å². The van der Waals surface area contributed by atoms with E-state index in [-0.39, 0.29) is 23.7 Å². The second kappa shape index (κ2) is 8.45. The minimum Gasteiger partial charge on any atom is -0.370 e. The highest BCUT2D eigenvalue weighted by atomic mass is 19.1. The first-order chi connectivity index (χ1) is 16.9. The second-order valence-electron chi connectivity index (χ2n) is 9.87. The molecule has 3 aromatic heterocycles. The van der Waals surface area contributed by atoms with Gasteiger partial charge in [-0.05, 0) is 64.7 Å². The van der Waals surface area contributed by atoms with Gasteiger partial charge < -0.3 is 4.74 Å². The lowest BCUT2D eigenvalue weighted by Gasteiger charge is -2.33. The maximum Gasteiger partial charge on any atom is 0.135 e. The van der Waals surface area contributed by atoms with Crippen molar-refractivity contribution in [2.75, 3.05) is 0 Å². The van der Waals surface area contributed by atoms with Crippen molar-refractivity contribution in [2.24, 2.45) is 0 Å². The molecule has 3 atom stereocenters. The van der Waals surface area contributed by atoms with E-state index in [1.807, 2.05) is 30.8 Å². The Balaban J connectivity index is 1.43. The lowest BCUT2D eigenvalue weighted by Crippen LogP contribution is -2.25. The summed E-state index contributed by atoms with van der Waals surface area (Å²) in [5.41, 5.74) is 5.25. The zero-order valence-corrected chi connectivity index (χ0v) is 20.0. The molecule has 1 saturated carbocycles. The molecule has 1 aliphatic heterocycles. The Labute approximate surface area is 202 Å². The minimum atomic E-state index is -0.665. The van der Waals surface area contributed by atoms with E-state index < -0.39 is 11.6 Å². The molecule has 6 rings (SSSR count). The van der Waals surface area contributed by atoms with Gasteiger partial charge in [0.15, 0.2) is 0 Å². The predicted molar refractivity (Wildman–Crippen MR) is 128 cm³/mol. The van der Waals surface area contributed by atoms with E-state index in [2.05, 4.69) is 23.2 Å². The molecule has 0 radical (unpaired) electrons. The van der Waals surface area contributed by atoms with E-state index in [1.165, 1.54) is 25.0 Å². The largest absolute Gasteiger partial charge is 0.370 e. The van der Waals surface area contributed by atoms with Crippen molar-refractivity contribution >= 4 is 11.0 Å². The van der Waals surface area contributed by atoms with Gasteiger partial charge in [0.25, 0.3) is 0 Å². The third-order valence-electron chi connectivity index (χ3n) is 7.11. The average Bonchev–Trinajstić information content (AvgIpc) is 3.55. The molecule has 1 aliphatic carbocycles. The smallest absolute Gasteiger partial charge is 0.135 e. The summed E-state index contributed by atoms with van der Waals surface area (Å²) in [4.78, 5) is 14.3. The fraction of sp³-hybridized carbons (Fsp3) is 0.407. The number of halogens is 2. The van der Waals surface area contributed by atoms with Crippen LogP contribution in [-0.4, -0.2) is 30.8 Å². The number of pyridine rings is 1. The first kappa shape index (κ1) is 22.2. The standard InChI is InChI=1S/C27H27F2N5O/c1-14-8-17(9-25(35-14)18-12-30-34(13-18)20-5-6-20)23-11-24-27(32-16(3)15(2)31-24)26(33-23)21-7-4-19(28)10-22(21)29/h4,7,10-14,17,20,25H,5-6,8-9H2,1-3H3/t14-,17-,25-/m0/s1. The van der Waals surface area contributed by atoms with Crippen molar-refractivity contribution < 1.29 is 13.5 Å². The van der Waals surface area contributed by atoms with Crippen LogP contribution in [0.4, 0.5) is 8.78 Å². The molecule has 8 heteroatoms. The van der Waals surface area contributed by atoms with Gasteiger partial charge in [-0.3, -0.25) is 4.68 Å². The number of ether oxygens (including phenoxy) is 1. The molecule has 6 nitrogen and oxygen atoms in total. The molecule has 0 unspecified atom stereocenters. The lowest BCUT2D eigenvalue weighted by molar-refractivity contribution is -0.0506. The van der Waals surface area contributed by atoms with E-state index >= 15 is 0 Å². The number of hydrogen-bond acceptors (Lipinski definition) is 5. The van der Waals surface area contributed by atoms with Gasteiger partial charge in [-0.15, -0.1) is 0 Å². The molecular formula is C27H27F2N5O. The van der Waals surface area contributed by atoms with Gasteiger partial charge >= 0.3 is 0 Å². The Bertz CT molecular complexity index is 1430. The van der Waals surface area contributed by atoms with E-state index in [1.54, 1.807) is 0 Å². The Kier molecular flexibility index (Phi) is 5.36. The van der Waals surface area contributed by atoms with Crippen LogP contribution in [0.1, 0.15) is 73.3 Å². The topological polar surface area (TPSA) is 65.7 Å². The van der Waals surface area contributed by atoms with Crippen molar-refractivity contribution in [2.45, 2.75) is 70.6 Å². The zero-order valence-electron chi connectivity index (χ0n) is 20.0. The summed E-state index contributed by atoms with van der Waals surface area (Å²) >= 11 is 0. The number of aryl methyl sites for hydroxylation is 2. The first-order valence-corrected chi connectivity index (χ1v) is 12.2. The van der Waals surface area contributed by atoms with E-state index in [0.717, 1.165) is 41.6 Å². The summed E-state index contributed by atoms with van der Waals surface area (Å²) in [6, 6.07) is 6.04. The molecular weight excluding hydrogens is 448 g/mol. The third kappa shape index (κ3) is 4.20. The minimum absolute atomic E-state index is 0.0253. The van der Waals surface area contributed by atoms with Crippen molar-refractivity contribution in [3.63, 3.8) is 0 Å². The summed E-state index contributed by atoms with van der Waals surface area (Å²) in [6.07, 6.45) is 7.82. The van der Waals surface area contributed by atoms with Crippen molar-refractivity contribution in [3.8, 4) is 11.3 Å².